The lowest BCUT2D eigenvalue weighted by Crippen LogP contribution is -2.55. The Morgan fingerprint density at radius 1 is 1.23 bits per heavy atom. The number of esters is 1. The summed E-state index contributed by atoms with van der Waals surface area (Å²) in [6, 6.07) is 9.78. The van der Waals surface area contributed by atoms with Crippen molar-refractivity contribution >= 4 is 12.1 Å². The maximum atomic E-state index is 12.5. The molecule has 1 fully saturated rings. The third-order valence-corrected chi connectivity index (χ3v) is 4.57. The van der Waals surface area contributed by atoms with Crippen LogP contribution in [0.25, 0.3) is 0 Å². The van der Waals surface area contributed by atoms with Gasteiger partial charge in [0, 0.05) is 19.1 Å². The highest BCUT2D eigenvalue weighted by molar-refractivity contribution is 5.81. The van der Waals surface area contributed by atoms with Gasteiger partial charge in [0.25, 0.3) is 0 Å². The minimum Gasteiger partial charge on any atom is -0.467 e. The zero-order valence-corrected chi connectivity index (χ0v) is 16.4. The highest BCUT2D eigenvalue weighted by Gasteiger charge is 2.39. The van der Waals surface area contributed by atoms with E-state index >= 15 is 0 Å². The van der Waals surface area contributed by atoms with E-state index in [0.29, 0.717) is 13.0 Å². The summed E-state index contributed by atoms with van der Waals surface area (Å²) in [6.07, 6.45) is 0.864. The second-order valence-electron chi connectivity index (χ2n) is 7.79. The molecule has 6 heteroatoms. The molecule has 0 aromatic heterocycles. The van der Waals surface area contributed by atoms with E-state index in [-0.39, 0.29) is 6.04 Å². The third kappa shape index (κ3) is 5.46. The van der Waals surface area contributed by atoms with Gasteiger partial charge in [0.1, 0.15) is 11.6 Å². The monoisotopic (exact) mass is 362 g/mol. The van der Waals surface area contributed by atoms with Gasteiger partial charge in [0.2, 0.25) is 0 Å². The number of nitrogens with zero attached hydrogens (tertiary/aromatic N) is 2. The van der Waals surface area contributed by atoms with Gasteiger partial charge < -0.3 is 9.47 Å². The highest BCUT2D eigenvalue weighted by atomic mass is 16.6. The van der Waals surface area contributed by atoms with Crippen molar-refractivity contribution in [2.75, 3.05) is 20.7 Å². The molecule has 26 heavy (non-hydrogen) atoms. The average molecular weight is 362 g/mol. The molecule has 1 aromatic carbocycles. The summed E-state index contributed by atoms with van der Waals surface area (Å²) in [5.74, 6) is -0.395. The van der Waals surface area contributed by atoms with Gasteiger partial charge in [-0.15, -0.1) is 0 Å². The van der Waals surface area contributed by atoms with Crippen LogP contribution in [0.15, 0.2) is 30.3 Å². The Kier molecular flexibility index (Phi) is 6.64. The molecule has 1 aliphatic rings. The first-order chi connectivity index (χ1) is 12.2. The van der Waals surface area contributed by atoms with Gasteiger partial charge in [0.05, 0.1) is 7.11 Å². The molecule has 0 spiro atoms. The van der Waals surface area contributed by atoms with E-state index in [9.17, 15) is 9.59 Å². The molecule has 144 valence electrons. The molecule has 1 heterocycles. The van der Waals surface area contributed by atoms with E-state index in [1.807, 2.05) is 39.0 Å². The smallest absolute Gasteiger partial charge is 0.411 e. The van der Waals surface area contributed by atoms with Crippen LogP contribution in [0.2, 0.25) is 0 Å². The molecule has 1 aromatic rings. The van der Waals surface area contributed by atoms with Crippen LogP contribution in [-0.2, 0) is 20.8 Å². The summed E-state index contributed by atoms with van der Waals surface area (Å²) >= 11 is 0. The molecular weight excluding hydrogens is 332 g/mol. The van der Waals surface area contributed by atoms with Gasteiger partial charge in [0.15, 0.2) is 0 Å². The van der Waals surface area contributed by atoms with E-state index in [1.165, 1.54) is 17.6 Å². The predicted molar refractivity (Wildman–Crippen MR) is 99.7 cm³/mol. The normalized spacial score (nSPS) is 20.8. The zero-order valence-electron chi connectivity index (χ0n) is 16.4. The van der Waals surface area contributed by atoms with Gasteiger partial charge in [-0.1, -0.05) is 30.3 Å². The topological polar surface area (TPSA) is 59.1 Å². The number of carbonyl (C=O) groups excluding carboxylic acids is 2. The maximum absolute atomic E-state index is 12.5. The highest BCUT2D eigenvalue weighted by Crippen LogP contribution is 2.25. The molecule has 0 saturated carbocycles. The number of amides is 1. The molecule has 1 saturated heterocycles. The number of piperidine rings is 1. The van der Waals surface area contributed by atoms with Gasteiger partial charge in [-0.05, 0) is 46.2 Å². The fourth-order valence-electron chi connectivity index (χ4n) is 3.25. The largest absolute Gasteiger partial charge is 0.467 e. The van der Waals surface area contributed by atoms with E-state index < -0.39 is 23.7 Å². The first-order valence-electron chi connectivity index (χ1n) is 9.03. The quantitative estimate of drug-likeness (QED) is 0.771. The Hall–Kier alpha value is -2.08. The first-order valence-corrected chi connectivity index (χ1v) is 9.03. The fourth-order valence-corrected chi connectivity index (χ4v) is 3.25. The Balaban J connectivity index is 2.06. The van der Waals surface area contributed by atoms with Crippen LogP contribution < -0.4 is 0 Å². The number of methoxy groups -OCH3 is 1. The van der Waals surface area contributed by atoms with Crippen LogP contribution in [0.1, 0.15) is 39.2 Å². The lowest BCUT2D eigenvalue weighted by Gasteiger charge is -2.41. The number of hydrogen-bond acceptors (Lipinski definition) is 5. The SMILES string of the molecule is COC(=O)C1C[C@H](N(C)Cc2ccccc2)CCN1C(=O)OC(C)(C)C. The first kappa shape index (κ1) is 20.2. The number of benzene rings is 1. The minimum absolute atomic E-state index is 0.193. The van der Waals surface area contributed by atoms with Gasteiger partial charge >= 0.3 is 12.1 Å². The molecule has 1 aliphatic heterocycles. The summed E-state index contributed by atoms with van der Waals surface area (Å²) < 4.78 is 10.4. The minimum atomic E-state index is -0.619. The molecule has 0 aliphatic carbocycles. The number of hydrogen-bond donors (Lipinski definition) is 0. The maximum Gasteiger partial charge on any atom is 0.411 e. The van der Waals surface area contributed by atoms with Crippen LogP contribution in [0.5, 0.6) is 0 Å². The van der Waals surface area contributed by atoms with E-state index in [1.54, 1.807) is 0 Å². The molecule has 6 nitrogen and oxygen atoms in total. The molecule has 0 bridgehead atoms. The van der Waals surface area contributed by atoms with Crippen molar-refractivity contribution < 1.29 is 19.1 Å². The second kappa shape index (κ2) is 8.54. The number of rotatable bonds is 4. The molecule has 0 N–H and O–H groups in total. The van der Waals surface area contributed by atoms with Gasteiger partial charge in [-0.2, -0.15) is 0 Å². The molecule has 0 radical (unpaired) electrons. The van der Waals surface area contributed by atoms with Crippen LogP contribution in [0, 0.1) is 0 Å². The van der Waals surface area contributed by atoms with E-state index in [4.69, 9.17) is 9.47 Å². The van der Waals surface area contributed by atoms with Crippen molar-refractivity contribution in [1.82, 2.24) is 9.80 Å². The van der Waals surface area contributed by atoms with Crippen molar-refractivity contribution in [2.45, 2.75) is 57.8 Å². The molecule has 1 unspecified atom stereocenters. The Morgan fingerprint density at radius 3 is 2.46 bits per heavy atom. The number of likely N-dealkylation sites (tertiary alicyclic amines) is 1. The summed E-state index contributed by atoms with van der Waals surface area (Å²) in [7, 11) is 3.40. The molecular formula is C20H30N2O4. The number of ether oxygens (including phenoxy) is 2. The second-order valence-corrected chi connectivity index (χ2v) is 7.79. The Morgan fingerprint density at radius 2 is 1.88 bits per heavy atom. The Bertz CT molecular complexity index is 612. The summed E-state index contributed by atoms with van der Waals surface area (Å²) in [5.41, 5.74) is 0.623. The van der Waals surface area contributed by atoms with E-state index in [0.717, 1.165) is 13.0 Å². The van der Waals surface area contributed by atoms with Crippen LogP contribution in [0.3, 0.4) is 0 Å². The average Bonchev–Trinajstić information content (AvgIpc) is 2.59. The van der Waals surface area contributed by atoms with Crippen molar-refractivity contribution in [2.24, 2.45) is 0 Å². The van der Waals surface area contributed by atoms with Crippen molar-refractivity contribution in [3.63, 3.8) is 0 Å². The van der Waals surface area contributed by atoms with Crippen LogP contribution >= 0.6 is 0 Å². The van der Waals surface area contributed by atoms with Gasteiger partial charge in [-0.3, -0.25) is 9.80 Å². The van der Waals surface area contributed by atoms with Crippen LogP contribution in [0.4, 0.5) is 4.79 Å². The van der Waals surface area contributed by atoms with Crippen LogP contribution in [-0.4, -0.2) is 60.2 Å². The van der Waals surface area contributed by atoms with Crippen molar-refractivity contribution in [3.8, 4) is 0 Å². The fraction of sp³-hybridized carbons (Fsp3) is 0.600. The van der Waals surface area contributed by atoms with E-state index in [2.05, 4.69) is 24.1 Å². The standard InChI is InChI=1S/C20H30N2O4/c1-20(2,3)26-19(24)22-12-11-16(13-17(22)18(23)25-5)21(4)14-15-9-7-6-8-10-15/h6-10,16-17H,11-14H2,1-5H3/t16-,17?/m1/s1. The Labute approximate surface area is 156 Å². The number of carbonyl (C=O) groups is 2. The lowest BCUT2D eigenvalue weighted by atomic mass is 9.96. The summed E-state index contributed by atoms with van der Waals surface area (Å²) in [5, 5.41) is 0. The molecule has 2 rings (SSSR count). The lowest BCUT2D eigenvalue weighted by molar-refractivity contribution is -0.149. The predicted octanol–water partition coefficient (Wildman–Crippen LogP) is 3.06. The summed E-state index contributed by atoms with van der Waals surface area (Å²) in [6.45, 7) is 6.72. The van der Waals surface area contributed by atoms with Gasteiger partial charge in [-0.25, -0.2) is 9.59 Å². The molecule has 2 atom stereocenters. The van der Waals surface area contributed by atoms with Crippen molar-refractivity contribution in [3.05, 3.63) is 35.9 Å². The van der Waals surface area contributed by atoms with Crippen molar-refractivity contribution in [1.29, 1.82) is 0 Å². The third-order valence-electron chi connectivity index (χ3n) is 4.57. The zero-order chi connectivity index (χ0) is 19.3. The summed E-state index contributed by atoms with van der Waals surface area (Å²) in [4.78, 5) is 28.5. The molecule has 1 amide bonds.